The minimum atomic E-state index is -6.52. The standard InChI is InChI=1S/C10H16F4O5S/c1-4-8(2,3)7(15)19-6-5-9(11,12)10(13,14)20(16,17)18/h4-6H2,1-3H3,(H,16,17,18)/p-1. The molecule has 0 N–H and O–H groups in total. The van der Waals surface area contributed by atoms with E-state index in [0.29, 0.717) is 6.42 Å². The van der Waals surface area contributed by atoms with Crippen molar-refractivity contribution in [3.05, 3.63) is 0 Å². The summed E-state index contributed by atoms with van der Waals surface area (Å²) >= 11 is 0. The van der Waals surface area contributed by atoms with Crippen LogP contribution in [0, 0.1) is 5.41 Å². The lowest BCUT2D eigenvalue weighted by atomic mass is 9.91. The van der Waals surface area contributed by atoms with E-state index >= 15 is 0 Å². The summed E-state index contributed by atoms with van der Waals surface area (Å²) in [5, 5.41) is -5.76. The second-order valence-electron chi connectivity index (χ2n) is 4.80. The molecule has 0 saturated heterocycles. The van der Waals surface area contributed by atoms with Crippen molar-refractivity contribution < 1.29 is 40.1 Å². The molecule has 120 valence electrons. The molecule has 5 nitrogen and oxygen atoms in total. The highest BCUT2D eigenvalue weighted by Crippen LogP contribution is 2.40. The number of alkyl halides is 4. The summed E-state index contributed by atoms with van der Waals surface area (Å²) in [5.74, 6) is -6.01. The molecule has 0 aliphatic rings. The van der Waals surface area contributed by atoms with Gasteiger partial charge in [0.25, 0.3) is 0 Å². The molecular weight excluding hydrogens is 308 g/mol. The Morgan fingerprint density at radius 2 is 1.65 bits per heavy atom. The van der Waals surface area contributed by atoms with Crippen LogP contribution in [0.5, 0.6) is 0 Å². The van der Waals surface area contributed by atoms with Gasteiger partial charge in [-0.25, -0.2) is 8.42 Å². The lowest BCUT2D eigenvalue weighted by Gasteiger charge is -2.28. The molecular formula is C10H15F4O5S-. The summed E-state index contributed by atoms with van der Waals surface area (Å²) in [4.78, 5) is 11.4. The fraction of sp³-hybridized carbons (Fsp3) is 0.900. The number of hydrogen-bond donors (Lipinski definition) is 0. The number of rotatable bonds is 7. The van der Waals surface area contributed by atoms with Gasteiger partial charge in [-0.05, 0) is 20.3 Å². The van der Waals surface area contributed by atoms with Crippen LogP contribution in [0.1, 0.15) is 33.6 Å². The maximum Gasteiger partial charge on any atom is 0.396 e. The van der Waals surface area contributed by atoms with E-state index in [-0.39, 0.29) is 0 Å². The number of ether oxygens (including phenoxy) is 1. The largest absolute Gasteiger partial charge is 0.743 e. The summed E-state index contributed by atoms with van der Waals surface area (Å²) in [6, 6.07) is 0. The van der Waals surface area contributed by atoms with Crippen LogP contribution in [0.4, 0.5) is 17.6 Å². The van der Waals surface area contributed by atoms with Crippen LogP contribution < -0.4 is 0 Å². The van der Waals surface area contributed by atoms with Gasteiger partial charge in [0.2, 0.25) is 0 Å². The molecule has 0 aliphatic carbocycles. The topological polar surface area (TPSA) is 83.5 Å². The third-order valence-electron chi connectivity index (χ3n) is 2.83. The number of halogens is 4. The molecule has 0 fully saturated rings. The van der Waals surface area contributed by atoms with Crippen molar-refractivity contribution in [1.82, 2.24) is 0 Å². The highest BCUT2D eigenvalue weighted by Gasteiger charge is 2.61. The van der Waals surface area contributed by atoms with Crippen LogP contribution in [-0.2, 0) is 19.6 Å². The Balaban J connectivity index is 4.72. The Morgan fingerprint density at radius 3 is 2.00 bits per heavy atom. The molecule has 0 heterocycles. The van der Waals surface area contributed by atoms with Gasteiger partial charge < -0.3 is 9.29 Å². The molecule has 0 bridgehead atoms. The molecule has 0 spiro atoms. The minimum Gasteiger partial charge on any atom is -0.743 e. The quantitative estimate of drug-likeness (QED) is 0.407. The fourth-order valence-corrected chi connectivity index (χ4v) is 1.41. The van der Waals surface area contributed by atoms with Crippen LogP contribution in [0.2, 0.25) is 0 Å². The molecule has 10 heteroatoms. The molecule has 0 aromatic heterocycles. The zero-order valence-electron chi connectivity index (χ0n) is 11.1. The normalized spacial score (nSPS) is 14.2. The SMILES string of the molecule is CCC(C)(C)C(=O)OCCC(F)(F)C(F)(F)S(=O)(=O)[O-]. The molecule has 0 radical (unpaired) electrons. The average molecular weight is 323 g/mol. The van der Waals surface area contributed by atoms with Gasteiger partial charge >= 0.3 is 17.1 Å². The Kier molecular flexibility index (Phi) is 5.58. The van der Waals surface area contributed by atoms with Crippen molar-refractivity contribution in [2.24, 2.45) is 5.41 Å². The van der Waals surface area contributed by atoms with Gasteiger partial charge in [0, 0.05) is 0 Å². The third-order valence-corrected chi connectivity index (χ3v) is 3.75. The number of esters is 1. The predicted octanol–water partition coefficient (Wildman–Crippen LogP) is 2.13. The monoisotopic (exact) mass is 323 g/mol. The first-order valence-electron chi connectivity index (χ1n) is 5.57. The summed E-state index contributed by atoms with van der Waals surface area (Å²) in [7, 11) is -6.52. The molecule has 0 atom stereocenters. The van der Waals surface area contributed by atoms with E-state index < -0.39 is 45.7 Å². The van der Waals surface area contributed by atoms with Gasteiger partial charge in [0.15, 0.2) is 10.1 Å². The summed E-state index contributed by atoms with van der Waals surface area (Å²) < 4.78 is 86.2. The first-order valence-corrected chi connectivity index (χ1v) is 6.98. The van der Waals surface area contributed by atoms with E-state index in [1.807, 2.05) is 0 Å². The molecule has 0 rings (SSSR count). The van der Waals surface area contributed by atoms with Crippen molar-refractivity contribution in [2.45, 2.75) is 44.8 Å². The highest BCUT2D eigenvalue weighted by molar-refractivity contribution is 7.86. The van der Waals surface area contributed by atoms with Crippen molar-refractivity contribution in [3.63, 3.8) is 0 Å². The summed E-state index contributed by atoms with van der Waals surface area (Å²) in [6.07, 6.45) is -1.44. The molecule has 0 aromatic rings. The van der Waals surface area contributed by atoms with Crippen LogP contribution >= 0.6 is 0 Å². The second-order valence-corrected chi connectivity index (χ2v) is 6.22. The van der Waals surface area contributed by atoms with Crippen molar-refractivity contribution in [2.75, 3.05) is 6.61 Å². The van der Waals surface area contributed by atoms with Crippen LogP contribution in [0.15, 0.2) is 0 Å². The Hall–Kier alpha value is -0.900. The highest BCUT2D eigenvalue weighted by atomic mass is 32.2. The van der Waals surface area contributed by atoms with Gasteiger partial charge in [-0.15, -0.1) is 0 Å². The molecule has 20 heavy (non-hydrogen) atoms. The van der Waals surface area contributed by atoms with E-state index in [4.69, 9.17) is 0 Å². The smallest absolute Gasteiger partial charge is 0.396 e. The fourth-order valence-electron chi connectivity index (χ4n) is 0.940. The third kappa shape index (κ3) is 4.05. The van der Waals surface area contributed by atoms with Crippen molar-refractivity contribution in [1.29, 1.82) is 0 Å². The van der Waals surface area contributed by atoms with Crippen LogP contribution in [-0.4, -0.2) is 36.7 Å². The van der Waals surface area contributed by atoms with Crippen molar-refractivity contribution in [3.8, 4) is 0 Å². The number of carbonyl (C=O) groups is 1. The Bertz CT molecular complexity index is 458. The molecule has 0 aromatic carbocycles. The van der Waals surface area contributed by atoms with Gasteiger partial charge in [0.05, 0.1) is 18.4 Å². The van der Waals surface area contributed by atoms with E-state index in [1.54, 1.807) is 6.92 Å². The molecule has 0 saturated carbocycles. The zero-order valence-corrected chi connectivity index (χ0v) is 11.9. The van der Waals surface area contributed by atoms with Crippen LogP contribution in [0.3, 0.4) is 0 Å². The van der Waals surface area contributed by atoms with E-state index in [9.17, 15) is 35.3 Å². The maximum absolute atomic E-state index is 13.0. The second kappa shape index (κ2) is 5.84. The minimum absolute atomic E-state index is 0.327. The van der Waals surface area contributed by atoms with E-state index in [2.05, 4.69) is 4.74 Å². The maximum atomic E-state index is 13.0. The van der Waals surface area contributed by atoms with E-state index in [0.717, 1.165) is 0 Å². The predicted molar refractivity (Wildman–Crippen MR) is 59.2 cm³/mol. The average Bonchev–Trinajstić information content (AvgIpc) is 2.26. The Morgan fingerprint density at radius 1 is 1.20 bits per heavy atom. The van der Waals surface area contributed by atoms with Gasteiger partial charge in [-0.1, -0.05) is 6.92 Å². The van der Waals surface area contributed by atoms with Gasteiger partial charge in [0.1, 0.15) is 0 Å². The number of carbonyl (C=O) groups excluding carboxylic acids is 1. The lowest BCUT2D eigenvalue weighted by Crippen LogP contribution is -2.47. The molecule has 0 aliphatic heterocycles. The van der Waals surface area contributed by atoms with Gasteiger partial charge in [-0.3, -0.25) is 4.79 Å². The van der Waals surface area contributed by atoms with Crippen LogP contribution in [0.25, 0.3) is 0 Å². The molecule has 0 amide bonds. The lowest BCUT2D eigenvalue weighted by molar-refractivity contribution is -0.178. The van der Waals surface area contributed by atoms with Gasteiger partial charge in [-0.2, -0.15) is 17.6 Å². The van der Waals surface area contributed by atoms with Crippen molar-refractivity contribution >= 4 is 16.1 Å². The Labute approximate surface area is 114 Å². The summed E-state index contributed by atoms with van der Waals surface area (Å²) in [6.45, 7) is 3.43. The first-order chi connectivity index (χ1) is 8.69. The molecule has 0 unspecified atom stereocenters. The van der Waals surface area contributed by atoms with E-state index in [1.165, 1.54) is 13.8 Å². The number of hydrogen-bond acceptors (Lipinski definition) is 5. The summed E-state index contributed by atoms with van der Waals surface area (Å²) in [5.41, 5.74) is -0.984. The first kappa shape index (κ1) is 19.1. The zero-order chi connectivity index (χ0) is 16.4.